The Labute approximate surface area is 123 Å². The van der Waals surface area contributed by atoms with E-state index in [9.17, 15) is 19.1 Å². The van der Waals surface area contributed by atoms with E-state index in [0.29, 0.717) is 5.56 Å². The molecular formula is C15H21FN2O3. The van der Waals surface area contributed by atoms with Gasteiger partial charge in [0, 0.05) is 6.92 Å². The highest BCUT2D eigenvalue weighted by Crippen LogP contribution is 2.17. The van der Waals surface area contributed by atoms with Gasteiger partial charge in [0.1, 0.15) is 11.4 Å². The molecule has 0 bridgehead atoms. The fourth-order valence-electron chi connectivity index (χ4n) is 1.91. The zero-order valence-corrected chi connectivity index (χ0v) is 12.6. The number of aliphatic hydroxyl groups excluding tert-OH is 1. The summed E-state index contributed by atoms with van der Waals surface area (Å²) in [6, 6.07) is 4.82. The number of hydrogen-bond donors (Lipinski definition) is 3. The van der Waals surface area contributed by atoms with Crippen LogP contribution in [0.4, 0.5) is 4.39 Å². The molecule has 0 aliphatic carbocycles. The maximum atomic E-state index is 12.8. The molecule has 1 aromatic carbocycles. The minimum absolute atomic E-state index is 0.318. The maximum Gasteiger partial charge on any atom is 0.245 e. The minimum atomic E-state index is -1.08. The SMILES string of the molecule is CC(=O)NC(C)(C)C(=O)NC(C)C(O)c1ccc(F)cc1. The second-order valence-corrected chi connectivity index (χ2v) is 5.56. The monoisotopic (exact) mass is 296 g/mol. The summed E-state index contributed by atoms with van der Waals surface area (Å²) >= 11 is 0. The number of nitrogens with one attached hydrogen (secondary N) is 2. The van der Waals surface area contributed by atoms with Crippen molar-refractivity contribution < 1.29 is 19.1 Å². The smallest absolute Gasteiger partial charge is 0.245 e. The Morgan fingerprint density at radius 2 is 1.76 bits per heavy atom. The summed E-state index contributed by atoms with van der Waals surface area (Å²) in [6.07, 6.45) is -0.970. The average Bonchev–Trinajstić information content (AvgIpc) is 2.37. The maximum absolute atomic E-state index is 12.8. The van der Waals surface area contributed by atoms with Gasteiger partial charge in [-0.15, -0.1) is 0 Å². The number of carbonyl (C=O) groups is 2. The Bertz CT molecular complexity index is 514. The van der Waals surface area contributed by atoms with Gasteiger partial charge >= 0.3 is 0 Å². The lowest BCUT2D eigenvalue weighted by molar-refractivity contribution is -0.132. The van der Waals surface area contributed by atoms with E-state index in [4.69, 9.17) is 0 Å². The number of halogens is 1. The zero-order chi connectivity index (χ0) is 16.2. The third-order valence-electron chi connectivity index (χ3n) is 3.10. The molecular weight excluding hydrogens is 275 g/mol. The van der Waals surface area contributed by atoms with Gasteiger partial charge < -0.3 is 15.7 Å². The van der Waals surface area contributed by atoms with Crippen LogP contribution in [0.5, 0.6) is 0 Å². The largest absolute Gasteiger partial charge is 0.386 e. The van der Waals surface area contributed by atoms with Crippen LogP contribution in [0.25, 0.3) is 0 Å². The van der Waals surface area contributed by atoms with Gasteiger partial charge in [0.15, 0.2) is 0 Å². The van der Waals surface area contributed by atoms with Crippen LogP contribution in [0, 0.1) is 5.82 Å². The molecule has 0 aromatic heterocycles. The van der Waals surface area contributed by atoms with E-state index in [1.165, 1.54) is 31.2 Å². The Morgan fingerprint density at radius 1 is 1.24 bits per heavy atom. The fourth-order valence-corrected chi connectivity index (χ4v) is 1.91. The molecule has 2 atom stereocenters. The van der Waals surface area contributed by atoms with E-state index >= 15 is 0 Å². The molecule has 3 N–H and O–H groups in total. The fraction of sp³-hybridized carbons (Fsp3) is 0.467. The highest BCUT2D eigenvalue weighted by atomic mass is 19.1. The van der Waals surface area contributed by atoms with Crippen LogP contribution in [-0.4, -0.2) is 28.5 Å². The van der Waals surface area contributed by atoms with Crippen molar-refractivity contribution in [2.45, 2.75) is 45.4 Å². The average molecular weight is 296 g/mol. The molecule has 0 spiro atoms. The first-order valence-corrected chi connectivity index (χ1v) is 6.66. The third-order valence-corrected chi connectivity index (χ3v) is 3.10. The van der Waals surface area contributed by atoms with Crippen LogP contribution in [0.2, 0.25) is 0 Å². The molecule has 2 amide bonds. The quantitative estimate of drug-likeness (QED) is 0.766. The molecule has 0 aliphatic rings. The standard InChI is InChI=1S/C15H21FN2O3/c1-9(13(20)11-5-7-12(16)8-6-11)17-14(21)15(3,4)18-10(2)19/h5-9,13,20H,1-4H3,(H,17,21)(H,18,19). The number of rotatable bonds is 5. The third kappa shape index (κ3) is 4.82. The molecule has 0 heterocycles. The first-order valence-electron chi connectivity index (χ1n) is 6.66. The highest BCUT2D eigenvalue weighted by Gasteiger charge is 2.30. The van der Waals surface area contributed by atoms with Crippen molar-refractivity contribution in [3.05, 3.63) is 35.6 Å². The summed E-state index contributed by atoms with van der Waals surface area (Å²) in [5.74, 6) is -1.12. The van der Waals surface area contributed by atoms with E-state index < -0.39 is 29.4 Å². The van der Waals surface area contributed by atoms with Crippen molar-refractivity contribution in [1.29, 1.82) is 0 Å². The van der Waals surface area contributed by atoms with Crippen LogP contribution in [-0.2, 0) is 9.59 Å². The van der Waals surface area contributed by atoms with Gasteiger partial charge in [-0.2, -0.15) is 0 Å². The summed E-state index contributed by atoms with van der Waals surface area (Å²) in [6.45, 7) is 6.10. The minimum Gasteiger partial charge on any atom is -0.386 e. The van der Waals surface area contributed by atoms with E-state index in [1.54, 1.807) is 20.8 Å². The lowest BCUT2D eigenvalue weighted by Crippen LogP contribution is -2.56. The van der Waals surface area contributed by atoms with E-state index in [-0.39, 0.29) is 5.91 Å². The molecule has 21 heavy (non-hydrogen) atoms. The number of benzene rings is 1. The Hall–Kier alpha value is -1.95. The summed E-state index contributed by atoms with van der Waals surface area (Å²) < 4.78 is 12.8. The Morgan fingerprint density at radius 3 is 2.24 bits per heavy atom. The summed E-state index contributed by atoms with van der Waals surface area (Å²) in [5.41, 5.74) is -0.579. The second-order valence-electron chi connectivity index (χ2n) is 5.56. The van der Waals surface area contributed by atoms with Crippen LogP contribution >= 0.6 is 0 Å². The van der Waals surface area contributed by atoms with E-state index in [2.05, 4.69) is 10.6 Å². The second kappa shape index (κ2) is 6.67. The summed E-state index contributed by atoms with van der Waals surface area (Å²) in [4.78, 5) is 23.2. The molecule has 5 nitrogen and oxygen atoms in total. The van der Waals surface area contributed by atoms with Gasteiger partial charge in [0.25, 0.3) is 0 Å². The van der Waals surface area contributed by atoms with Gasteiger partial charge in [-0.25, -0.2) is 4.39 Å². The van der Waals surface area contributed by atoms with Gasteiger partial charge in [-0.05, 0) is 38.5 Å². The number of carbonyl (C=O) groups excluding carboxylic acids is 2. The van der Waals surface area contributed by atoms with E-state index in [0.717, 1.165) is 0 Å². The Kier molecular flexibility index (Phi) is 5.43. The predicted octanol–water partition coefficient (Wildman–Crippen LogP) is 1.28. The first kappa shape index (κ1) is 17.1. The van der Waals surface area contributed by atoms with Crippen molar-refractivity contribution in [3.8, 4) is 0 Å². The molecule has 0 radical (unpaired) electrons. The molecule has 0 saturated carbocycles. The lowest BCUT2D eigenvalue weighted by atomic mass is 10.0. The van der Waals surface area contributed by atoms with Gasteiger partial charge in [-0.1, -0.05) is 12.1 Å². The first-order chi connectivity index (χ1) is 9.63. The lowest BCUT2D eigenvalue weighted by Gasteiger charge is -2.28. The molecule has 1 rings (SSSR count). The van der Waals surface area contributed by atoms with Crippen LogP contribution in [0.1, 0.15) is 39.4 Å². The van der Waals surface area contributed by atoms with Crippen LogP contribution in [0.15, 0.2) is 24.3 Å². The van der Waals surface area contributed by atoms with Crippen molar-refractivity contribution in [3.63, 3.8) is 0 Å². The summed E-state index contributed by atoms with van der Waals surface area (Å²) in [7, 11) is 0. The van der Waals surface area contributed by atoms with Crippen molar-refractivity contribution in [2.75, 3.05) is 0 Å². The van der Waals surface area contributed by atoms with Crippen molar-refractivity contribution in [1.82, 2.24) is 10.6 Å². The molecule has 0 saturated heterocycles. The predicted molar refractivity (Wildman–Crippen MR) is 76.9 cm³/mol. The zero-order valence-electron chi connectivity index (χ0n) is 12.6. The topological polar surface area (TPSA) is 78.4 Å². The molecule has 0 aliphatic heterocycles. The van der Waals surface area contributed by atoms with Crippen molar-refractivity contribution >= 4 is 11.8 Å². The summed E-state index contributed by atoms with van der Waals surface area (Å²) in [5, 5.41) is 15.3. The molecule has 116 valence electrons. The van der Waals surface area contributed by atoms with Gasteiger partial charge in [0.05, 0.1) is 12.1 Å². The highest BCUT2D eigenvalue weighted by molar-refractivity contribution is 5.90. The Balaban J connectivity index is 2.71. The molecule has 2 unspecified atom stereocenters. The molecule has 6 heteroatoms. The van der Waals surface area contributed by atoms with Crippen LogP contribution < -0.4 is 10.6 Å². The number of hydrogen-bond acceptors (Lipinski definition) is 3. The van der Waals surface area contributed by atoms with Gasteiger partial charge in [0.2, 0.25) is 11.8 Å². The molecule has 1 aromatic rings. The van der Waals surface area contributed by atoms with Crippen LogP contribution in [0.3, 0.4) is 0 Å². The van der Waals surface area contributed by atoms with Gasteiger partial charge in [-0.3, -0.25) is 9.59 Å². The number of amides is 2. The normalized spacial score (nSPS) is 14.2. The molecule has 0 fully saturated rings. The number of aliphatic hydroxyl groups is 1. The van der Waals surface area contributed by atoms with E-state index in [1.807, 2.05) is 0 Å². The van der Waals surface area contributed by atoms with Crippen molar-refractivity contribution in [2.24, 2.45) is 0 Å².